The van der Waals surface area contributed by atoms with Crippen LogP contribution in [0.15, 0.2) is 0 Å². The maximum atomic E-state index is 11.6. The molecular weight excluding hydrogens is 202 g/mol. The lowest BCUT2D eigenvalue weighted by Crippen LogP contribution is -2.43. The summed E-state index contributed by atoms with van der Waals surface area (Å²) in [5.41, 5.74) is 5.93. The summed E-state index contributed by atoms with van der Waals surface area (Å²) >= 11 is 0. The zero-order valence-electron chi connectivity index (χ0n) is 10.0. The molecule has 0 aromatic heterocycles. The fourth-order valence-corrected chi connectivity index (χ4v) is 2.52. The quantitative estimate of drug-likeness (QED) is 0.731. The van der Waals surface area contributed by atoms with E-state index in [-0.39, 0.29) is 11.5 Å². The summed E-state index contributed by atoms with van der Waals surface area (Å²) < 4.78 is 5.24. The molecule has 0 aromatic rings. The molecule has 2 aliphatic rings. The Morgan fingerprint density at radius 3 is 2.56 bits per heavy atom. The molecule has 2 saturated carbocycles. The van der Waals surface area contributed by atoms with Crippen molar-refractivity contribution >= 4 is 5.97 Å². The average molecular weight is 225 g/mol. The van der Waals surface area contributed by atoms with Gasteiger partial charge in [0.05, 0.1) is 13.0 Å². The Kier molecular flexibility index (Phi) is 3.85. The number of rotatable bonds is 5. The molecule has 0 amide bonds. The Hall–Kier alpha value is -0.570. The molecule has 0 unspecified atom stereocenters. The molecule has 0 heterocycles. The van der Waals surface area contributed by atoms with Crippen LogP contribution in [0.5, 0.6) is 0 Å². The summed E-state index contributed by atoms with van der Waals surface area (Å²) in [5, 5.41) is 0. The number of nitrogens with two attached hydrogens (primary N) is 1. The summed E-state index contributed by atoms with van der Waals surface area (Å²) in [5.74, 6) is 0.736. The summed E-state index contributed by atoms with van der Waals surface area (Å²) in [7, 11) is 0. The molecule has 2 aliphatic carbocycles. The molecule has 2 N–H and O–H groups in total. The predicted octanol–water partition coefficient (Wildman–Crippen LogP) is 2.38. The second kappa shape index (κ2) is 5.17. The van der Waals surface area contributed by atoms with E-state index >= 15 is 0 Å². The molecule has 2 rings (SSSR count). The second-order valence-corrected chi connectivity index (χ2v) is 5.55. The third-order valence-corrected chi connectivity index (χ3v) is 3.83. The van der Waals surface area contributed by atoms with Crippen LogP contribution in [0.1, 0.15) is 57.8 Å². The Morgan fingerprint density at radius 1 is 1.25 bits per heavy atom. The molecule has 3 heteroatoms. The highest BCUT2D eigenvalue weighted by molar-refractivity contribution is 5.70. The van der Waals surface area contributed by atoms with Crippen molar-refractivity contribution in [1.82, 2.24) is 0 Å². The summed E-state index contributed by atoms with van der Waals surface area (Å²) in [4.78, 5) is 11.6. The fraction of sp³-hybridized carbons (Fsp3) is 0.923. The zero-order valence-corrected chi connectivity index (χ0v) is 10.0. The monoisotopic (exact) mass is 225 g/mol. The summed E-state index contributed by atoms with van der Waals surface area (Å²) in [6, 6.07) is 0. The van der Waals surface area contributed by atoms with Crippen LogP contribution in [-0.2, 0) is 9.53 Å². The highest BCUT2D eigenvalue weighted by atomic mass is 16.5. The standard InChI is InChI=1S/C13H23NO2/c14-13(7-2-1-3-8-13)10-12(15)16-9-6-11-4-5-11/h11H,1-10,14H2. The first kappa shape index (κ1) is 11.9. The van der Waals surface area contributed by atoms with Gasteiger partial charge in [0.15, 0.2) is 0 Å². The Morgan fingerprint density at radius 2 is 1.94 bits per heavy atom. The van der Waals surface area contributed by atoms with E-state index in [4.69, 9.17) is 10.5 Å². The van der Waals surface area contributed by atoms with E-state index < -0.39 is 0 Å². The van der Waals surface area contributed by atoms with E-state index in [0.717, 1.165) is 38.0 Å². The van der Waals surface area contributed by atoms with E-state index in [2.05, 4.69) is 0 Å². The van der Waals surface area contributed by atoms with Crippen molar-refractivity contribution in [3.63, 3.8) is 0 Å². The summed E-state index contributed by atoms with van der Waals surface area (Å²) in [6.07, 6.45) is 9.63. The number of ether oxygens (including phenoxy) is 1. The molecule has 0 aromatic carbocycles. The molecule has 0 bridgehead atoms. The van der Waals surface area contributed by atoms with Crippen LogP contribution < -0.4 is 5.73 Å². The van der Waals surface area contributed by atoms with Gasteiger partial charge in [-0.1, -0.05) is 32.1 Å². The average Bonchev–Trinajstić information content (AvgIpc) is 3.02. The SMILES string of the molecule is NC1(CC(=O)OCCC2CC2)CCCCC1. The van der Waals surface area contributed by atoms with Gasteiger partial charge in [0.25, 0.3) is 0 Å². The highest BCUT2D eigenvalue weighted by Gasteiger charge is 2.30. The van der Waals surface area contributed by atoms with Crippen LogP contribution in [0, 0.1) is 5.92 Å². The first-order valence-electron chi connectivity index (χ1n) is 6.62. The molecule has 0 spiro atoms. The number of hydrogen-bond donors (Lipinski definition) is 1. The van der Waals surface area contributed by atoms with Crippen molar-refractivity contribution < 1.29 is 9.53 Å². The largest absolute Gasteiger partial charge is 0.466 e. The molecule has 0 atom stereocenters. The Balaban J connectivity index is 1.64. The minimum Gasteiger partial charge on any atom is -0.466 e. The van der Waals surface area contributed by atoms with Crippen LogP contribution in [0.4, 0.5) is 0 Å². The molecular formula is C13H23NO2. The smallest absolute Gasteiger partial charge is 0.307 e. The van der Waals surface area contributed by atoms with Crippen LogP contribution in [0.25, 0.3) is 0 Å². The van der Waals surface area contributed by atoms with E-state index in [1.54, 1.807) is 0 Å². The van der Waals surface area contributed by atoms with Crippen LogP contribution in [0.2, 0.25) is 0 Å². The van der Waals surface area contributed by atoms with Gasteiger partial charge >= 0.3 is 5.97 Å². The number of hydrogen-bond acceptors (Lipinski definition) is 3. The Bertz CT molecular complexity index is 242. The molecule has 16 heavy (non-hydrogen) atoms. The van der Waals surface area contributed by atoms with Gasteiger partial charge in [0.2, 0.25) is 0 Å². The van der Waals surface area contributed by atoms with Gasteiger partial charge in [0, 0.05) is 5.54 Å². The van der Waals surface area contributed by atoms with Crippen LogP contribution in [-0.4, -0.2) is 18.1 Å². The predicted molar refractivity (Wildman–Crippen MR) is 62.9 cm³/mol. The second-order valence-electron chi connectivity index (χ2n) is 5.55. The molecule has 92 valence electrons. The van der Waals surface area contributed by atoms with Crippen molar-refractivity contribution in [2.75, 3.05) is 6.61 Å². The maximum absolute atomic E-state index is 11.6. The summed E-state index contributed by atoms with van der Waals surface area (Å²) in [6.45, 7) is 0.597. The van der Waals surface area contributed by atoms with Gasteiger partial charge in [0.1, 0.15) is 0 Å². The van der Waals surface area contributed by atoms with Gasteiger partial charge in [-0.3, -0.25) is 4.79 Å². The molecule has 0 aliphatic heterocycles. The first-order valence-corrected chi connectivity index (χ1v) is 6.62. The number of carbonyl (C=O) groups excluding carboxylic acids is 1. The topological polar surface area (TPSA) is 52.3 Å². The normalized spacial score (nSPS) is 24.1. The van der Waals surface area contributed by atoms with Gasteiger partial charge in [-0.2, -0.15) is 0 Å². The third kappa shape index (κ3) is 3.78. The van der Waals surface area contributed by atoms with Crippen molar-refractivity contribution in [1.29, 1.82) is 0 Å². The minimum atomic E-state index is -0.269. The van der Waals surface area contributed by atoms with Crippen LogP contribution >= 0.6 is 0 Å². The lowest BCUT2D eigenvalue weighted by Gasteiger charge is -2.32. The zero-order chi connectivity index (χ0) is 11.4. The van der Waals surface area contributed by atoms with Gasteiger partial charge in [-0.05, 0) is 25.2 Å². The van der Waals surface area contributed by atoms with Gasteiger partial charge < -0.3 is 10.5 Å². The van der Waals surface area contributed by atoms with E-state index in [9.17, 15) is 4.79 Å². The lowest BCUT2D eigenvalue weighted by molar-refractivity contribution is -0.145. The van der Waals surface area contributed by atoms with Gasteiger partial charge in [-0.15, -0.1) is 0 Å². The van der Waals surface area contributed by atoms with Crippen LogP contribution in [0.3, 0.4) is 0 Å². The highest BCUT2D eigenvalue weighted by Crippen LogP contribution is 2.32. The number of esters is 1. The van der Waals surface area contributed by atoms with Crippen molar-refractivity contribution in [2.24, 2.45) is 11.7 Å². The van der Waals surface area contributed by atoms with E-state index in [1.807, 2.05) is 0 Å². The number of carbonyl (C=O) groups is 1. The van der Waals surface area contributed by atoms with E-state index in [0.29, 0.717) is 13.0 Å². The maximum Gasteiger partial charge on any atom is 0.307 e. The Labute approximate surface area is 97.7 Å². The molecule has 0 radical (unpaired) electrons. The van der Waals surface area contributed by atoms with E-state index in [1.165, 1.54) is 19.3 Å². The molecule has 0 saturated heterocycles. The fourth-order valence-electron chi connectivity index (χ4n) is 2.52. The van der Waals surface area contributed by atoms with Crippen molar-refractivity contribution in [3.05, 3.63) is 0 Å². The molecule has 2 fully saturated rings. The first-order chi connectivity index (χ1) is 7.68. The minimum absolute atomic E-state index is 0.0925. The van der Waals surface area contributed by atoms with Crippen molar-refractivity contribution in [3.8, 4) is 0 Å². The third-order valence-electron chi connectivity index (χ3n) is 3.83. The van der Waals surface area contributed by atoms with Crippen molar-refractivity contribution in [2.45, 2.75) is 63.3 Å². The van der Waals surface area contributed by atoms with Gasteiger partial charge in [-0.25, -0.2) is 0 Å². The lowest BCUT2D eigenvalue weighted by atomic mass is 9.80. The molecule has 3 nitrogen and oxygen atoms in total.